The lowest BCUT2D eigenvalue weighted by molar-refractivity contribution is -0.142. The Morgan fingerprint density at radius 3 is 2.38 bits per heavy atom. The molecule has 0 heterocycles. The molecule has 1 aromatic rings. The number of carbonyl (C=O) groups is 1. The normalized spacial score (nSPS) is 33.8. The van der Waals surface area contributed by atoms with Gasteiger partial charge in [0, 0.05) is 0 Å². The van der Waals surface area contributed by atoms with E-state index in [1.807, 2.05) is 0 Å². The zero-order chi connectivity index (χ0) is 20.2. The molecule has 3 aliphatic carbocycles. The molecule has 3 unspecified atom stereocenters. The Bertz CT molecular complexity index is 734. The molecule has 3 aliphatic rings. The topological polar surface area (TPSA) is 50.1 Å². The number of nitrogens with zero attached hydrogens (tertiary/aromatic N) is 1. The fraction of sp³-hybridized carbons (Fsp3) is 0.692. The van der Waals surface area contributed by atoms with Crippen molar-refractivity contribution in [2.24, 2.45) is 35.5 Å². The number of nitriles is 1. The number of hydrogen-bond acceptors (Lipinski definition) is 3. The maximum absolute atomic E-state index is 12.7. The minimum Gasteiger partial charge on any atom is -0.426 e. The van der Waals surface area contributed by atoms with Crippen LogP contribution in [0.1, 0.15) is 83.1 Å². The van der Waals surface area contributed by atoms with E-state index in [4.69, 9.17) is 10.00 Å². The maximum Gasteiger partial charge on any atom is 0.314 e. The van der Waals surface area contributed by atoms with E-state index in [2.05, 4.69) is 13.0 Å². The quantitative estimate of drug-likeness (QED) is 0.423. The van der Waals surface area contributed by atoms with Crippen molar-refractivity contribution in [1.29, 1.82) is 5.26 Å². The van der Waals surface area contributed by atoms with Crippen molar-refractivity contribution in [2.75, 3.05) is 0 Å². The van der Waals surface area contributed by atoms with E-state index in [9.17, 15) is 4.79 Å². The standard InChI is InChI=1S/C26H35NO2/c1-2-3-4-18-7-13-24-20(15-18)8-9-21-16-22(10-14-25(21)24)26(28)29-23-11-5-19(17-27)6-12-23/h5-6,11-12,18,20-22,24-25H,2-4,7-10,13-16H2,1H3/t18?,20?,21-,22-,24?,25+/m1/s1. The zero-order valence-corrected chi connectivity index (χ0v) is 17.8. The lowest BCUT2D eigenvalue weighted by atomic mass is 9.55. The van der Waals surface area contributed by atoms with Gasteiger partial charge in [0.1, 0.15) is 5.75 Å². The summed E-state index contributed by atoms with van der Waals surface area (Å²) in [4.78, 5) is 12.7. The molecule has 3 heteroatoms. The summed E-state index contributed by atoms with van der Waals surface area (Å²) in [5.41, 5.74) is 0.589. The number of rotatable bonds is 5. The summed E-state index contributed by atoms with van der Waals surface area (Å²) in [6, 6.07) is 8.96. The smallest absolute Gasteiger partial charge is 0.314 e. The van der Waals surface area contributed by atoms with Crippen LogP contribution >= 0.6 is 0 Å². The Labute approximate surface area is 175 Å². The maximum atomic E-state index is 12.7. The SMILES string of the molecule is CCCCC1CCC2C(CC[C@@H]3C[C@H](C(=O)Oc4ccc(C#N)cc4)CC[C@H]23)C1. The zero-order valence-electron chi connectivity index (χ0n) is 17.8. The molecule has 0 saturated heterocycles. The Morgan fingerprint density at radius 1 is 1.00 bits per heavy atom. The van der Waals surface area contributed by atoms with Gasteiger partial charge in [-0.15, -0.1) is 0 Å². The average Bonchev–Trinajstić information content (AvgIpc) is 2.77. The van der Waals surface area contributed by atoms with Crippen LogP contribution in [0.15, 0.2) is 24.3 Å². The van der Waals surface area contributed by atoms with Gasteiger partial charge in [-0.25, -0.2) is 0 Å². The first kappa shape index (κ1) is 20.5. The van der Waals surface area contributed by atoms with Gasteiger partial charge in [-0.2, -0.15) is 5.26 Å². The number of ether oxygens (including phenoxy) is 1. The molecule has 3 fully saturated rings. The molecule has 29 heavy (non-hydrogen) atoms. The summed E-state index contributed by atoms with van der Waals surface area (Å²) in [6.07, 6.45) is 14.4. The Balaban J connectivity index is 1.31. The molecule has 0 radical (unpaired) electrons. The number of esters is 1. The van der Waals surface area contributed by atoms with E-state index in [-0.39, 0.29) is 11.9 Å². The molecule has 4 rings (SSSR count). The van der Waals surface area contributed by atoms with Gasteiger partial charge in [0.25, 0.3) is 0 Å². The van der Waals surface area contributed by atoms with Crippen LogP contribution < -0.4 is 4.74 Å². The van der Waals surface area contributed by atoms with Crippen molar-refractivity contribution in [3.8, 4) is 11.8 Å². The number of benzene rings is 1. The van der Waals surface area contributed by atoms with Gasteiger partial charge in [-0.05, 0) is 98.8 Å². The summed E-state index contributed by atoms with van der Waals surface area (Å²) in [7, 11) is 0. The molecule has 0 spiro atoms. The third kappa shape index (κ3) is 4.68. The molecular weight excluding hydrogens is 358 g/mol. The molecule has 0 aromatic heterocycles. The Hall–Kier alpha value is -1.82. The van der Waals surface area contributed by atoms with Gasteiger partial charge < -0.3 is 4.74 Å². The molecule has 3 nitrogen and oxygen atoms in total. The lowest BCUT2D eigenvalue weighted by Gasteiger charge is -2.50. The van der Waals surface area contributed by atoms with E-state index in [0.29, 0.717) is 11.3 Å². The van der Waals surface area contributed by atoms with Gasteiger partial charge >= 0.3 is 5.97 Å². The first-order valence-electron chi connectivity index (χ1n) is 11.9. The van der Waals surface area contributed by atoms with Crippen molar-refractivity contribution in [3.05, 3.63) is 29.8 Å². The summed E-state index contributed by atoms with van der Waals surface area (Å²) < 4.78 is 5.64. The molecule has 0 N–H and O–H groups in total. The first-order valence-corrected chi connectivity index (χ1v) is 11.9. The lowest BCUT2D eigenvalue weighted by Crippen LogP contribution is -2.42. The average molecular weight is 394 g/mol. The number of hydrogen-bond donors (Lipinski definition) is 0. The first-order chi connectivity index (χ1) is 14.2. The van der Waals surface area contributed by atoms with Crippen LogP contribution in [0.4, 0.5) is 0 Å². The van der Waals surface area contributed by atoms with E-state index < -0.39 is 0 Å². The highest BCUT2D eigenvalue weighted by Crippen LogP contribution is 2.53. The van der Waals surface area contributed by atoms with Crippen LogP contribution in [-0.4, -0.2) is 5.97 Å². The predicted molar refractivity (Wildman–Crippen MR) is 114 cm³/mol. The fourth-order valence-corrected chi connectivity index (χ4v) is 6.66. The number of carbonyl (C=O) groups excluding carboxylic acids is 1. The number of unbranched alkanes of at least 4 members (excludes halogenated alkanes) is 1. The number of fused-ring (bicyclic) bond motifs is 3. The van der Waals surface area contributed by atoms with Crippen LogP contribution in [0.3, 0.4) is 0 Å². The second kappa shape index (κ2) is 9.33. The largest absolute Gasteiger partial charge is 0.426 e. The molecule has 1 aromatic carbocycles. The van der Waals surface area contributed by atoms with Gasteiger partial charge in [0.2, 0.25) is 0 Å². The summed E-state index contributed by atoms with van der Waals surface area (Å²) in [6.45, 7) is 2.31. The molecule has 0 amide bonds. The molecule has 3 saturated carbocycles. The van der Waals surface area contributed by atoms with Crippen molar-refractivity contribution < 1.29 is 9.53 Å². The third-order valence-electron chi connectivity index (χ3n) is 8.15. The van der Waals surface area contributed by atoms with E-state index in [1.165, 1.54) is 57.8 Å². The molecule has 0 bridgehead atoms. The van der Waals surface area contributed by atoms with Crippen LogP contribution in [0, 0.1) is 46.8 Å². The Morgan fingerprint density at radius 2 is 1.69 bits per heavy atom. The van der Waals surface area contributed by atoms with E-state index in [1.54, 1.807) is 24.3 Å². The van der Waals surface area contributed by atoms with Crippen molar-refractivity contribution in [1.82, 2.24) is 0 Å². The van der Waals surface area contributed by atoms with Crippen LogP contribution in [0.2, 0.25) is 0 Å². The predicted octanol–water partition coefficient (Wildman–Crippen LogP) is 6.51. The third-order valence-corrected chi connectivity index (χ3v) is 8.15. The van der Waals surface area contributed by atoms with E-state index >= 15 is 0 Å². The van der Waals surface area contributed by atoms with Gasteiger partial charge in [0.15, 0.2) is 0 Å². The van der Waals surface area contributed by atoms with Gasteiger partial charge in [0.05, 0.1) is 17.6 Å². The second-order valence-electron chi connectivity index (χ2n) is 9.81. The monoisotopic (exact) mass is 393 g/mol. The van der Waals surface area contributed by atoms with Crippen molar-refractivity contribution in [2.45, 2.75) is 77.6 Å². The van der Waals surface area contributed by atoms with Crippen LogP contribution in [0.5, 0.6) is 5.75 Å². The van der Waals surface area contributed by atoms with Gasteiger partial charge in [-0.1, -0.05) is 32.6 Å². The minimum absolute atomic E-state index is 0.0457. The summed E-state index contributed by atoms with van der Waals surface area (Å²) in [5.74, 6) is 4.95. The van der Waals surface area contributed by atoms with Gasteiger partial charge in [-0.3, -0.25) is 4.79 Å². The van der Waals surface area contributed by atoms with Crippen LogP contribution in [0.25, 0.3) is 0 Å². The molecular formula is C26H35NO2. The second-order valence-corrected chi connectivity index (χ2v) is 9.81. The highest BCUT2D eigenvalue weighted by Gasteiger charge is 2.45. The van der Waals surface area contributed by atoms with E-state index in [0.717, 1.165) is 42.4 Å². The van der Waals surface area contributed by atoms with Crippen molar-refractivity contribution in [3.63, 3.8) is 0 Å². The van der Waals surface area contributed by atoms with Crippen LogP contribution in [-0.2, 0) is 4.79 Å². The summed E-state index contributed by atoms with van der Waals surface area (Å²) in [5, 5.41) is 8.90. The minimum atomic E-state index is -0.0708. The van der Waals surface area contributed by atoms with Crippen molar-refractivity contribution >= 4 is 5.97 Å². The highest BCUT2D eigenvalue weighted by atomic mass is 16.5. The fourth-order valence-electron chi connectivity index (χ4n) is 6.66. The molecule has 0 aliphatic heterocycles. The molecule has 6 atom stereocenters. The molecule has 156 valence electrons. The Kier molecular flexibility index (Phi) is 6.58. The highest BCUT2D eigenvalue weighted by molar-refractivity contribution is 5.75. The summed E-state index contributed by atoms with van der Waals surface area (Å²) >= 11 is 0.